The Morgan fingerprint density at radius 3 is 2.48 bits per heavy atom. The highest BCUT2D eigenvalue weighted by molar-refractivity contribution is 6.39. The van der Waals surface area contributed by atoms with Crippen molar-refractivity contribution >= 4 is 51.7 Å². The minimum atomic E-state index is -0.348. The van der Waals surface area contributed by atoms with Gasteiger partial charge in [-0.05, 0) is 36.8 Å². The monoisotopic (exact) mass is 483 g/mol. The average Bonchev–Trinajstić information content (AvgIpc) is 2.80. The number of anilines is 3. The summed E-state index contributed by atoms with van der Waals surface area (Å²) in [5.74, 6) is 0.907. The first-order valence-corrected chi connectivity index (χ1v) is 11.4. The van der Waals surface area contributed by atoms with Gasteiger partial charge in [0, 0.05) is 24.4 Å². The van der Waals surface area contributed by atoms with E-state index in [1.54, 1.807) is 24.3 Å². The van der Waals surface area contributed by atoms with Crippen LogP contribution in [-0.2, 0) is 4.74 Å². The largest absolute Gasteiger partial charge is 0.380 e. The van der Waals surface area contributed by atoms with E-state index in [-0.39, 0.29) is 5.56 Å². The highest BCUT2D eigenvalue weighted by Crippen LogP contribution is 2.34. The van der Waals surface area contributed by atoms with Crippen molar-refractivity contribution in [2.75, 3.05) is 30.4 Å². The number of pyridine rings is 1. The fourth-order valence-corrected chi connectivity index (χ4v) is 3.96. The Balaban J connectivity index is 1.78. The van der Waals surface area contributed by atoms with Crippen molar-refractivity contribution in [1.82, 2.24) is 15.0 Å². The second kappa shape index (κ2) is 10.7. The van der Waals surface area contributed by atoms with Crippen molar-refractivity contribution in [2.24, 2.45) is 0 Å². The zero-order valence-electron chi connectivity index (χ0n) is 18.0. The van der Waals surface area contributed by atoms with Gasteiger partial charge in [-0.25, -0.2) is 0 Å². The van der Waals surface area contributed by atoms with Crippen LogP contribution in [0.5, 0.6) is 0 Å². The lowest BCUT2D eigenvalue weighted by atomic mass is 10.1. The summed E-state index contributed by atoms with van der Waals surface area (Å²) in [6, 6.07) is 16.4. The van der Waals surface area contributed by atoms with E-state index in [2.05, 4.69) is 32.5 Å². The second-order valence-electron chi connectivity index (χ2n) is 7.30. The fourth-order valence-electron chi connectivity index (χ4n) is 3.36. The highest BCUT2D eigenvalue weighted by Gasteiger charge is 2.16. The van der Waals surface area contributed by atoms with E-state index >= 15 is 0 Å². The molecule has 2 aromatic carbocycles. The molecule has 2 aromatic heterocycles. The summed E-state index contributed by atoms with van der Waals surface area (Å²) in [7, 11) is 0. The summed E-state index contributed by atoms with van der Waals surface area (Å²) >= 11 is 12.7. The molecule has 0 amide bonds. The number of benzene rings is 2. The minimum Gasteiger partial charge on any atom is -0.380 e. The van der Waals surface area contributed by atoms with Gasteiger partial charge in [0.15, 0.2) is 0 Å². The van der Waals surface area contributed by atoms with Crippen LogP contribution >= 0.6 is 23.2 Å². The number of hydrogen-bond donors (Lipinski definition) is 3. The Labute approximate surface area is 201 Å². The molecule has 0 spiro atoms. The lowest BCUT2D eigenvalue weighted by Crippen LogP contribution is -2.15. The van der Waals surface area contributed by atoms with Crippen LogP contribution < -0.4 is 16.2 Å². The maximum atomic E-state index is 13.0. The number of rotatable bonds is 9. The van der Waals surface area contributed by atoms with E-state index in [1.165, 1.54) is 0 Å². The van der Waals surface area contributed by atoms with Crippen molar-refractivity contribution in [3.63, 3.8) is 0 Å². The molecule has 4 rings (SSSR count). The number of nitrogens with zero attached hydrogens (tertiary/aromatic N) is 2. The van der Waals surface area contributed by atoms with Crippen molar-refractivity contribution in [2.45, 2.75) is 13.3 Å². The molecule has 33 heavy (non-hydrogen) atoms. The van der Waals surface area contributed by atoms with Crippen LogP contribution in [-0.4, -0.2) is 34.7 Å². The molecular formula is C24H23Cl2N5O2. The van der Waals surface area contributed by atoms with Crippen molar-refractivity contribution < 1.29 is 4.74 Å². The molecule has 2 heterocycles. The zero-order valence-corrected chi connectivity index (χ0v) is 19.5. The first-order chi connectivity index (χ1) is 16.1. The lowest BCUT2D eigenvalue weighted by molar-refractivity contribution is 0.144. The number of aromatic nitrogens is 3. The third kappa shape index (κ3) is 5.45. The summed E-state index contributed by atoms with van der Waals surface area (Å²) < 4.78 is 5.57. The third-order valence-electron chi connectivity index (χ3n) is 4.86. The summed E-state index contributed by atoms with van der Waals surface area (Å²) in [5.41, 5.74) is 1.68. The Kier molecular flexibility index (Phi) is 7.44. The van der Waals surface area contributed by atoms with Crippen molar-refractivity contribution in [3.8, 4) is 11.1 Å². The molecule has 0 saturated carbocycles. The molecule has 0 radical (unpaired) electrons. The molecule has 0 bridgehead atoms. The van der Waals surface area contributed by atoms with Crippen LogP contribution in [0.1, 0.15) is 13.3 Å². The van der Waals surface area contributed by atoms with E-state index < -0.39 is 0 Å². The van der Waals surface area contributed by atoms with Crippen LogP contribution in [0.2, 0.25) is 10.0 Å². The molecule has 0 saturated heterocycles. The van der Waals surface area contributed by atoms with Crippen LogP contribution in [0.3, 0.4) is 0 Å². The molecule has 170 valence electrons. The van der Waals surface area contributed by atoms with E-state index in [1.807, 2.05) is 30.3 Å². The second-order valence-corrected chi connectivity index (χ2v) is 8.11. The number of nitrogens with one attached hydrogen (secondary N) is 3. The van der Waals surface area contributed by atoms with Crippen LogP contribution in [0, 0.1) is 0 Å². The van der Waals surface area contributed by atoms with Crippen molar-refractivity contribution in [1.29, 1.82) is 0 Å². The van der Waals surface area contributed by atoms with E-state index in [9.17, 15) is 4.79 Å². The average molecular weight is 484 g/mol. The van der Waals surface area contributed by atoms with Crippen molar-refractivity contribution in [3.05, 3.63) is 75.0 Å². The number of ether oxygens (including phenoxy) is 1. The molecule has 3 N–H and O–H groups in total. The predicted octanol–water partition coefficient (Wildman–Crippen LogP) is 5.87. The van der Waals surface area contributed by atoms with Gasteiger partial charge in [0.05, 0.1) is 27.6 Å². The van der Waals surface area contributed by atoms with Gasteiger partial charge < -0.3 is 20.4 Å². The maximum absolute atomic E-state index is 13.0. The van der Waals surface area contributed by atoms with E-state index in [4.69, 9.17) is 27.9 Å². The normalized spacial score (nSPS) is 11.0. The molecular weight excluding hydrogens is 461 g/mol. The molecule has 9 heteroatoms. The number of halogens is 2. The van der Waals surface area contributed by atoms with Gasteiger partial charge in [0.1, 0.15) is 11.5 Å². The number of H-pyrrole nitrogens is 1. The Bertz CT molecular complexity index is 1290. The quantitative estimate of drug-likeness (QED) is 0.257. The van der Waals surface area contributed by atoms with Crippen LogP contribution in [0.4, 0.5) is 17.5 Å². The summed E-state index contributed by atoms with van der Waals surface area (Å²) in [5, 5.41) is 7.88. The van der Waals surface area contributed by atoms with Gasteiger partial charge >= 0.3 is 0 Å². The van der Waals surface area contributed by atoms with Gasteiger partial charge in [-0.3, -0.25) is 4.79 Å². The zero-order chi connectivity index (χ0) is 23.2. The molecule has 0 unspecified atom stereocenters. The molecule has 0 aliphatic rings. The van der Waals surface area contributed by atoms with Gasteiger partial charge in [-0.15, -0.1) is 0 Å². The van der Waals surface area contributed by atoms with Gasteiger partial charge in [-0.2, -0.15) is 9.97 Å². The van der Waals surface area contributed by atoms with Gasteiger partial charge in [0.2, 0.25) is 5.95 Å². The molecule has 0 aliphatic heterocycles. The van der Waals surface area contributed by atoms with Crippen LogP contribution in [0.25, 0.3) is 22.2 Å². The first-order valence-electron chi connectivity index (χ1n) is 10.6. The standard InChI is InChI=1S/C24H23Cl2N5O2/c1-2-12-33-13-11-27-21-17-14-16(20-18(25)9-6-10-19(20)26)23(32)29-22(17)31-24(30-21)28-15-7-4-3-5-8-15/h3-10,14H,2,11-13H2,1H3,(H3,27,28,29,30,31,32). The summed E-state index contributed by atoms with van der Waals surface area (Å²) in [6.45, 7) is 3.81. The molecule has 4 aromatic rings. The molecule has 0 fully saturated rings. The molecule has 0 atom stereocenters. The summed E-state index contributed by atoms with van der Waals surface area (Å²) in [4.78, 5) is 25.0. The number of para-hydroxylation sites is 1. The molecule has 0 aliphatic carbocycles. The smallest absolute Gasteiger partial charge is 0.257 e. The first kappa shape index (κ1) is 23.0. The minimum absolute atomic E-state index is 0.343. The molecule has 7 nitrogen and oxygen atoms in total. The fraction of sp³-hybridized carbons (Fsp3) is 0.208. The highest BCUT2D eigenvalue weighted by atomic mass is 35.5. The maximum Gasteiger partial charge on any atom is 0.257 e. The Morgan fingerprint density at radius 2 is 1.76 bits per heavy atom. The topological polar surface area (TPSA) is 91.9 Å². The Hall–Kier alpha value is -3.13. The van der Waals surface area contributed by atoms with Gasteiger partial charge in [-0.1, -0.05) is 54.4 Å². The predicted molar refractivity (Wildman–Crippen MR) is 135 cm³/mol. The SMILES string of the molecule is CCCOCCNc1nc(Nc2ccccc2)nc2[nH]c(=O)c(-c3c(Cl)cccc3Cl)cc12. The van der Waals surface area contributed by atoms with E-state index in [0.717, 1.165) is 12.1 Å². The Morgan fingerprint density at radius 1 is 1.00 bits per heavy atom. The number of fused-ring (bicyclic) bond motifs is 1. The number of hydrogen-bond acceptors (Lipinski definition) is 6. The van der Waals surface area contributed by atoms with E-state index in [0.29, 0.717) is 63.7 Å². The summed E-state index contributed by atoms with van der Waals surface area (Å²) in [6.07, 6.45) is 0.949. The third-order valence-corrected chi connectivity index (χ3v) is 5.49. The van der Waals surface area contributed by atoms with Gasteiger partial charge in [0.25, 0.3) is 5.56 Å². The lowest BCUT2D eigenvalue weighted by Gasteiger charge is -2.13. The van der Waals surface area contributed by atoms with Crippen LogP contribution in [0.15, 0.2) is 59.4 Å². The number of aromatic amines is 1.